The van der Waals surface area contributed by atoms with E-state index in [-0.39, 0.29) is 11.7 Å². The third-order valence-electron chi connectivity index (χ3n) is 2.48. The molecule has 18 heavy (non-hydrogen) atoms. The molecule has 6 nitrogen and oxygen atoms in total. The molecule has 0 atom stereocenters. The van der Waals surface area contributed by atoms with Gasteiger partial charge in [0.1, 0.15) is 0 Å². The van der Waals surface area contributed by atoms with Gasteiger partial charge in [-0.2, -0.15) is 0 Å². The summed E-state index contributed by atoms with van der Waals surface area (Å²) in [6, 6.07) is 4.05. The average molecular weight is 251 g/mol. The number of nitro benzene ring substituents is 1. The molecule has 0 spiro atoms. The van der Waals surface area contributed by atoms with Crippen molar-refractivity contribution in [1.82, 2.24) is 5.32 Å². The Hall–Kier alpha value is -2.11. The number of nitrogens with one attached hydrogen (secondary N) is 2. The molecule has 0 fully saturated rings. The van der Waals surface area contributed by atoms with Gasteiger partial charge in [0.15, 0.2) is 0 Å². The number of hydrogen-bond donors (Lipinski definition) is 2. The zero-order valence-corrected chi connectivity index (χ0v) is 10.5. The summed E-state index contributed by atoms with van der Waals surface area (Å²) in [5.41, 5.74) is 1.26. The van der Waals surface area contributed by atoms with Crippen LogP contribution in [0.2, 0.25) is 0 Å². The molecule has 1 aromatic rings. The van der Waals surface area contributed by atoms with Gasteiger partial charge in [0, 0.05) is 24.4 Å². The molecule has 1 rings (SSSR count). The molecule has 0 saturated heterocycles. The molecular formula is C12H17N3O3. The van der Waals surface area contributed by atoms with Crippen LogP contribution in [0, 0.1) is 17.0 Å². The van der Waals surface area contributed by atoms with Crippen LogP contribution in [0.25, 0.3) is 0 Å². The second-order valence-corrected chi connectivity index (χ2v) is 3.99. The van der Waals surface area contributed by atoms with Crippen LogP contribution in [0.4, 0.5) is 16.2 Å². The van der Waals surface area contributed by atoms with Gasteiger partial charge in [-0.3, -0.25) is 10.1 Å². The molecule has 6 heteroatoms. The van der Waals surface area contributed by atoms with Crippen molar-refractivity contribution in [3.05, 3.63) is 33.9 Å². The topological polar surface area (TPSA) is 84.3 Å². The minimum Gasteiger partial charge on any atom is -0.338 e. The molecule has 0 unspecified atom stereocenters. The van der Waals surface area contributed by atoms with Crippen LogP contribution < -0.4 is 10.6 Å². The molecule has 0 aliphatic rings. The van der Waals surface area contributed by atoms with Gasteiger partial charge in [-0.05, 0) is 25.0 Å². The number of non-ortho nitro benzene ring substituents is 1. The Morgan fingerprint density at radius 2 is 2.17 bits per heavy atom. The molecule has 2 amide bonds. The first-order chi connectivity index (χ1) is 8.54. The van der Waals surface area contributed by atoms with Crippen LogP contribution in [0.5, 0.6) is 0 Å². The molecule has 98 valence electrons. The van der Waals surface area contributed by atoms with Crippen molar-refractivity contribution in [3.63, 3.8) is 0 Å². The average Bonchev–Trinajstić information content (AvgIpc) is 2.32. The van der Waals surface area contributed by atoms with Gasteiger partial charge in [-0.1, -0.05) is 13.3 Å². The number of nitro groups is 1. The second kappa shape index (κ2) is 6.58. The second-order valence-electron chi connectivity index (χ2n) is 3.99. The van der Waals surface area contributed by atoms with Gasteiger partial charge >= 0.3 is 6.03 Å². The maximum absolute atomic E-state index is 11.5. The number of anilines is 1. The first-order valence-corrected chi connectivity index (χ1v) is 5.84. The summed E-state index contributed by atoms with van der Waals surface area (Å²) in [6.07, 6.45) is 1.93. The predicted molar refractivity (Wildman–Crippen MR) is 69.8 cm³/mol. The molecule has 0 radical (unpaired) electrons. The number of carbonyl (C=O) groups excluding carboxylic acids is 1. The van der Waals surface area contributed by atoms with E-state index in [1.54, 1.807) is 6.92 Å². The Bertz CT molecular complexity index is 446. The van der Waals surface area contributed by atoms with Crippen molar-refractivity contribution < 1.29 is 9.72 Å². The van der Waals surface area contributed by atoms with E-state index in [2.05, 4.69) is 10.6 Å². The van der Waals surface area contributed by atoms with Crippen LogP contribution in [-0.2, 0) is 0 Å². The summed E-state index contributed by atoms with van der Waals surface area (Å²) in [5.74, 6) is 0. The molecule has 0 saturated carbocycles. The highest BCUT2D eigenvalue weighted by Crippen LogP contribution is 2.20. The van der Waals surface area contributed by atoms with Gasteiger partial charge in [0.05, 0.1) is 4.92 Å². The van der Waals surface area contributed by atoms with Crippen LogP contribution >= 0.6 is 0 Å². The van der Waals surface area contributed by atoms with Gasteiger partial charge in [-0.15, -0.1) is 0 Å². The fourth-order valence-electron chi connectivity index (χ4n) is 1.45. The fraction of sp³-hybridized carbons (Fsp3) is 0.417. The lowest BCUT2D eigenvalue weighted by molar-refractivity contribution is -0.384. The van der Waals surface area contributed by atoms with E-state index in [4.69, 9.17) is 0 Å². The first-order valence-electron chi connectivity index (χ1n) is 5.84. The summed E-state index contributed by atoms with van der Waals surface area (Å²) in [5, 5.41) is 15.9. The number of amides is 2. The van der Waals surface area contributed by atoms with Crippen molar-refractivity contribution in [2.24, 2.45) is 0 Å². The van der Waals surface area contributed by atoms with Gasteiger partial charge in [0.2, 0.25) is 0 Å². The van der Waals surface area contributed by atoms with E-state index in [0.717, 1.165) is 12.8 Å². The standard InChI is InChI=1S/C12H17N3O3/c1-3-4-7-13-12(16)14-11-6-5-10(15(17)18)8-9(11)2/h5-6,8H,3-4,7H2,1-2H3,(H2,13,14,16). The van der Waals surface area contributed by atoms with Crippen molar-refractivity contribution in [2.75, 3.05) is 11.9 Å². The Balaban J connectivity index is 2.62. The van der Waals surface area contributed by atoms with Gasteiger partial charge < -0.3 is 10.6 Å². The molecule has 0 aliphatic heterocycles. The summed E-state index contributed by atoms with van der Waals surface area (Å²) in [7, 11) is 0. The van der Waals surface area contributed by atoms with Crippen LogP contribution in [0.1, 0.15) is 25.3 Å². The van der Waals surface area contributed by atoms with Crippen LogP contribution in [0.15, 0.2) is 18.2 Å². The van der Waals surface area contributed by atoms with Crippen molar-refractivity contribution in [2.45, 2.75) is 26.7 Å². The van der Waals surface area contributed by atoms with E-state index >= 15 is 0 Å². The molecule has 1 aromatic carbocycles. The third kappa shape index (κ3) is 4.04. The summed E-state index contributed by atoms with van der Waals surface area (Å²) >= 11 is 0. The molecule has 0 aromatic heterocycles. The Labute approximate surface area is 106 Å². The largest absolute Gasteiger partial charge is 0.338 e. The zero-order valence-electron chi connectivity index (χ0n) is 10.5. The normalized spacial score (nSPS) is 9.89. The molecule has 2 N–H and O–H groups in total. The predicted octanol–water partition coefficient (Wildman–Crippen LogP) is 2.82. The zero-order chi connectivity index (χ0) is 13.5. The monoisotopic (exact) mass is 251 g/mol. The molecule has 0 bridgehead atoms. The molecule has 0 heterocycles. The Morgan fingerprint density at radius 1 is 1.44 bits per heavy atom. The highest BCUT2D eigenvalue weighted by atomic mass is 16.6. The van der Waals surface area contributed by atoms with Crippen molar-refractivity contribution in [3.8, 4) is 0 Å². The van der Waals surface area contributed by atoms with Crippen molar-refractivity contribution >= 4 is 17.4 Å². The molecule has 0 aliphatic carbocycles. The number of nitrogens with zero attached hydrogens (tertiary/aromatic N) is 1. The minimum atomic E-state index is -0.460. The fourth-order valence-corrected chi connectivity index (χ4v) is 1.45. The lowest BCUT2D eigenvalue weighted by Crippen LogP contribution is -2.29. The maximum atomic E-state index is 11.5. The number of hydrogen-bond acceptors (Lipinski definition) is 3. The number of rotatable bonds is 5. The summed E-state index contributed by atoms with van der Waals surface area (Å²) < 4.78 is 0. The van der Waals surface area contributed by atoms with E-state index in [1.807, 2.05) is 6.92 Å². The number of unbranched alkanes of at least 4 members (excludes halogenated alkanes) is 1. The first kappa shape index (κ1) is 14.0. The van der Waals surface area contributed by atoms with Crippen molar-refractivity contribution in [1.29, 1.82) is 0 Å². The molecular weight excluding hydrogens is 234 g/mol. The number of aryl methyl sites for hydroxylation is 1. The van der Waals surface area contributed by atoms with E-state index in [9.17, 15) is 14.9 Å². The SMILES string of the molecule is CCCCNC(=O)Nc1ccc([N+](=O)[O-])cc1C. The smallest absolute Gasteiger partial charge is 0.319 e. The number of benzene rings is 1. The summed E-state index contributed by atoms with van der Waals surface area (Å²) in [4.78, 5) is 21.6. The number of urea groups is 1. The van der Waals surface area contributed by atoms with E-state index in [0.29, 0.717) is 17.8 Å². The quantitative estimate of drug-likeness (QED) is 0.479. The maximum Gasteiger partial charge on any atom is 0.319 e. The van der Waals surface area contributed by atoms with Crippen LogP contribution in [-0.4, -0.2) is 17.5 Å². The number of carbonyl (C=O) groups is 1. The lowest BCUT2D eigenvalue weighted by Gasteiger charge is -2.09. The van der Waals surface area contributed by atoms with E-state index < -0.39 is 4.92 Å². The summed E-state index contributed by atoms with van der Waals surface area (Å²) in [6.45, 7) is 4.38. The minimum absolute atomic E-state index is 0.0180. The Morgan fingerprint density at radius 3 is 2.72 bits per heavy atom. The highest BCUT2D eigenvalue weighted by molar-refractivity contribution is 5.90. The lowest BCUT2D eigenvalue weighted by atomic mass is 10.2. The Kier molecular flexibility index (Phi) is 5.10. The third-order valence-corrected chi connectivity index (χ3v) is 2.48. The van der Waals surface area contributed by atoms with E-state index in [1.165, 1.54) is 18.2 Å². The highest BCUT2D eigenvalue weighted by Gasteiger charge is 2.09. The van der Waals surface area contributed by atoms with Gasteiger partial charge in [0.25, 0.3) is 5.69 Å². The van der Waals surface area contributed by atoms with Gasteiger partial charge in [-0.25, -0.2) is 4.79 Å². The van der Waals surface area contributed by atoms with Crippen LogP contribution in [0.3, 0.4) is 0 Å².